The molecule has 24 heavy (non-hydrogen) atoms. The predicted molar refractivity (Wildman–Crippen MR) is 97.4 cm³/mol. The van der Waals surface area contributed by atoms with Gasteiger partial charge in [-0.15, -0.1) is 0 Å². The lowest BCUT2D eigenvalue weighted by molar-refractivity contribution is 0.184. The summed E-state index contributed by atoms with van der Waals surface area (Å²) in [5, 5.41) is 0.966. The van der Waals surface area contributed by atoms with Gasteiger partial charge in [0.1, 0.15) is 5.65 Å². The lowest BCUT2D eigenvalue weighted by Crippen LogP contribution is -2.32. The molecule has 3 N–H and O–H groups in total. The zero-order chi connectivity index (χ0) is 16.5. The van der Waals surface area contributed by atoms with Crippen LogP contribution in [0.1, 0.15) is 25.5 Å². The van der Waals surface area contributed by atoms with Crippen molar-refractivity contribution in [1.82, 2.24) is 19.9 Å². The lowest BCUT2D eigenvalue weighted by Gasteiger charge is -2.30. The van der Waals surface area contributed by atoms with Gasteiger partial charge in [0.25, 0.3) is 0 Å². The van der Waals surface area contributed by atoms with Crippen LogP contribution in [0.25, 0.3) is 22.4 Å². The third kappa shape index (κ3) is 2.87. The molecule has 1 aromatic carbocycles. The number of likely N-dealkylation sites (tertiary alicyclic amines) is 1. The number of anilines is 1. The van der Waals surface area contributed by atoms with Crippen molar-refractivity contribution >= 4 is 16.7 Å². The third-order valence-electron chi connectivity index (χ3n) is 4.92. The van der Waals surface area contributed by atoms with E-state index in [2.05, 4.69) is 21.8 Å². The molecular formula is C19H23N5. The highest BCUT2D eigenvalue weighted by molar-refractivity contribution is 5.91. The molecule has 0 aliphatic carbocycles. The molecule has 0 unspecified atom stereocenters. The summed E-state index contributed by atoms with van der Waals surface area (Å²) in [5.74, 6) is 1.58. The molecule has 1 saturated heterocycles. The number of hydrogen-bond donors (Lipinski definition) is 2. The first kappa shape index (κ1) is 15.1. The summed E-state index contributed by atoms with van der Waals surface area (Å²) in [4.78, 5) is 15.2. The maximum atomic E-state index is 6.16. The van der Waals surface area contributed by atoms with E-state index in [0.717, 1.165) is 59.4 Å². The normalized spacial score (nSPS) is 16.7. The van der Waals surface area contributed by atoms with Crippen LogP contribution < -0.4 is 5.73 Å². The minimum atomic E-state index is 0.727. The van der Waals surface area contributed by atoms with Crippen LogP contribution in [0.4, 0.5) is 5.69 Å². The first-order valence-electron chi connectivity index (χ1n) is 8.62. The first-order chi connectivity index (χ1) is 11.7. The summed E-state index contributed by atoms with van der Waals surface area (Å²) >= 11 is 0. The molecule has 3 aromatic rings. The van der Waals surface area contributed by atoms with Gasteiger partial charge in [-0.25, -0.2) is 9.97 Å². The van der Waals surface area contributed by atoms with Gasteiger partial charge >= 0.3 is 0 Å². The Balaban J connectivity index is 1.73. The standard InChI is InChI=1S/C19H23N5/c1-13-7-9-24(10-8-13)12-16-17-15(20)11-21-19(17)23-18(22-16)14-5-3-2-4-6-14/h2-6,11,13H,7-10,12,20H2,1H3,(H,21,22,23). The summed E-state index contributed by atoms with van der Waals surface area (Å²) < 4.78 is 0. The fourth-order valence-electron chi connectivity index (χ4n) is 3.40. The highest BCUT2D eigenvalue weighted by Crippen LogP contribution is 2.27. The van der Waals surface area contributed by atoms with Crippen molar-refractivity contribution in [3.63, 3.8) is 0 Å². The van der Waals surface area contributed by atoms with Crippen LogP contribution in [-0.4, -0.2) is 32.9 Å². The molecule has 4 rings (SSSR count). The van der Waals surface area contributed by atoms with Gasteiger partial charge in [-0.3, -0.25) is 4.90 Å². The van der Waals surface area contributed by atoms with E-state index in [0.29, 0.717) is 0 Å². The van der Waals surface area contributed by atoms with Gasteiger partial charge in [0.2, 0.25) is 0 Å². The van der Waals surface area contributed by atoms with E-state index in [4.69, 9.17) is 10.7 Å². The Morgan fingerprint density at radius 1 is 1.17 bits per heavy atom. The molecule has 1 fully saturated rings. The SMILES string of the molecule is CC1CCN(Cc2nc(-c3ccccc3)nc3[nH]cc(N)c23)CC1. The molecule has 3 heterocycles. The predicted octanol–water partition coefficient (Wildman–Crippen LogP) is 3.44. The van der Waals surface area contributed by atoms with E-state index in [9.17, 15) is 0 Å². The number of H-pyrrole nitrogens is 1. The van der Waals surface area contributed by atoms with Crippen LogP contribution in [0.5, 0.6) is 0 Å². The number of aromatic nitrogens is 3. The van der Waals surface area contributed by atoms with Crippen molar-refractivity contribution in [2.45, 2.75) is 26.3 Å². The number of fused-ring (bicyclic) bond motifs is 1. The average molecular weight is 321 g/mol. The zero-order valence-electron chi connectivity index (χ0n) is 14.0. The van der Waals surface area contributed by atoms with Gasteiger partial charge in [-0.1, -0.05) is 37.3 Å². The van der Waals surface area contributed by atoms with Gasteiger partial charge in [0.15, 0.2) is 5.82 Å². The van der Waals surface area contributed by atoms with Crippen molar-refractivity contribution in [3.05, 3.63) is 42.2 Å². The third-order valence-corrected chi connectivity index (χ3v) is 4.92. The Kier molecular flexibility index (Phi) is 3.94. The van der Waals surface area contributed by atoms with E-state index >= 15 is 0 Å². The molecule has 0 bridgehead atoms. The molecule has 1 aliphatic heterocycles. The molecule has 0 amide bonds. The monoisotopic (exact) mass is 321 g/mol. The van der Waals surface area contributed by atoms with Crippen LogP contribution >= 0.6 is 0 Å². The number of aromatic amines is 1. The number of benzene rings is 1. The topological polar surface area (TPSA) is 70.8 Å². The smallest absolute Gasteiger partial charge is 0.161 e. The summed E-state index contributed by atoms with van der Waals surface area (Å²) in [5.41, 5.74) is 9.76. The second-order valence-electron chi connectivity index (χ2n) is 6.79. The van der Waals surface area contributed by atoms with Gasteiger partial charge in [-0.05, 0) is 31.8 Å². The second kappa shape index (κ2) is 6.24. The Labute approximate surface area is 141 Å². The zero-order valence-corrected chi connectivity index (χ0v) is 14.0. The number of nitrogens with zero attached hydrogens (tertiary/aromatic N) is 3. The maximum absolute atomic E-state index is 6.16. The van der Waals surface area contributed by atoms with Crippen molar-refractivity contribution in [2.75, 3.05) is 18.8 Å². The Bertz CT molecular complexity index is 832. The van der Waals surface area contributed by atoms with E-state index in [1.54, 1.807) is 0 Å². The number of piperidine rings is 1. The molecule has 124 valence electrons. The van der Waals surface area contributed by atoms with Crippen LogP contribution in [-0.2, 0) is 6.54 Å². The number of rotatable bonds is 3. The summed E-state index contributed by atoms with van der Waals surface area (Å²) in [7, 11) is 0. The minimum absolute atomic E-state index is 0.727. The molecule has 0 atom stereocenters. The molecule has 0 radical (unpaired) electrons. The largest absolute Gasteiger partial charge is 0.397 e. The maximum Gasteiger partial charge on any atom is 0.161 e. The second-order valence-corrected chi connectivity index (χ2v) is 6.79. The van der Waals surface area contributed by atoms with Crippen molar-refractivity contribution < 1.29 is 0 Å². The van der Waals surface area contributed by atoms with E-state index in [-0.39, 0.29) is 0 Å². The molecule has 1 aliphatic rings. The number of nitrogen functional groups attached to an aromatic ring is 1. The van der Waals surface area contributed by atoms with Gasteiger partial charge in [0, 0.05) is 18.3 Å². The molecule has 5 nitrogen and oxygen atoms in total. The van der Waals surface area contributed by atoms with Crippen LogP contribution in [0.2, 0.25) is 0 Å². The van der Waals surface area contributed by atoms with E-state index in [1.165, 1.54) is 12.8 Å². The quantitative estimate of drug-likeness (QED) is 0.775. The number of nitrogens with one attached hydrogen (secondary N) is 1. The van der Waals surface area contributed by atoms with Crippen LogP contribution in [0.3, 0.4) is 0 Å². The van der Waals surface area contributed by atoms with Gasteiger partial charge in [-0.2, -0.15) is 0 Å². The van der Waals surface area contributed by atoms with Crippen molar-refractivity contribution in [1.29, 1.82) is 0 Å². The molecular weight excluding hydrogens is 298 g/mol. The molecule has 5 heteroatoms. The summed E-state index contributed by atoms with van der Waals surface area (Å²) in [6.07, 6.45) is 4.32. The summed E-state index contributed by atoms with van der Waals surface area (Å²) in [6.45, 7) is 5.40. The Morgan fingerprint density at radius 3 is 2.67 bits per heavy atom. The first-order valence-corrected chi connectivity index (χ1v) is 8.62. The van der Waals surface area contributed by atoms with Crippen molar-refractivity contribution in [3.8, 4) is 11.4 Å². The average Bonchev–Trinajstić information content (AvgIpc) is 2.99. The highest BCUT2D eigenvalue weighted by Gasteiger charge is 2.19. The van der Waals surface area contributed by atoms with Crippen LogP contribution in [0, 0.1) is 5.92 Å². The van der Waals surface area contributed by atoms with Crippen molar-refractivity contribution in [2.24, 2.45) is 5.92 Å². The minimum Gasteiger partial charge on any atom is -0.397 e. The van der Waals surface area contributed by atoms with Gasteiger partial charge < -0.3 is 10.7 Å². The molecule has 0 spiro atoms. The molecule has 2 aromatic heterocycles. The Morgan fingerprint density at radius 2 is 1.92 bits per heavy atom. The fourth-order valence-corrected chi connectivity index (χ4v) is 3.40. The fraction of sp³-hybridized carbons (Fsp3) is 0.368. The van der Waals surface area contributed by atoms with E-state index < -0.39 is 0 Å². The van der Waals surface area contributed by atoms with E-state index in [1.807, 2.05) is 36.5 Å². The summed E-state index contributed by atoms with van der Waals surface area (Å²) in [6, 6.07) is 10.1. The number of nitrogens with two attached hydrogens (primary N) is 1. The number of hydrogen-bond acceptors (Lipinski definition) is 4. The Hall–Kier alpha value is -2.40. The van der Waals surface area contributed by atoms with Crippen LogP contribution in [0.15, 0.2) is 36.5 Å². The highest BCUT2D eigenvalue weighted by atomic mass is 15.1. The lowest BCUT2D eigenvalue weighted by atomic mass is 9.99. The van der Waals surface area contributed by atoms with Gasteiger partial charge in [0.05, 0.1) is 16.8 Å². The molecule has 0 saturated carbocycles.